The van der Waals surface area contributed by atoms with Crippen molar-refractivity contribution in [3.8, 4) is 11.5 Å². The van der Waals surface area contributed by atoms with Crippen molar-refractivity contribution in [3.05, 3.63) is 23.8 Å². The molecule has 1 saturated carbocycles. The van der Waals surface area contributed by atoms with Gasteiger partial charge in [-0.25, -0.2) is 5.43 Å². The number of hydrogen-bond acceptors (Lipinski definition) is 6. The van der Waals surface area contributed by atoms with E-state index in [1.165, 1.54) is 6.21 Å². The van der Waals surface area contributed by atoms with Crippen LogP contribution in [0.2, 0.25) is 0 Å². The van der Waals surface area contributed by atoms with Crippen molar-refractivity contribution in [3.63, 3.8) is 0 Å². The number of carbonyl (C=O) groups is 2. The minimum atomic E-state index is -1.16. The number of hydrogen-bond donors (Lipinski definition) is 1. The van der Waals surface area contributed by atoms with Gasteiger partial charge in [-0.2, -0.15) is 5.10 Å². The topological polar surface area (TPSA) is 86.2 Å². The molecule has 1 saturated heterocycles. The lowest BCUT2D eigenvalue weighted by Crippen LogP contribution is -2.52. The summed E-state index contributed by atoms with van der Waals surface area (Å²) in [6.45, 7) is 5.89. The minimum Gasteiger partial charge on any atom is -0.454 e. The van der Waals surface area contributed by atoms with Crippen LogP contribution < -0.4 is 14.9 Å². The molecule has 1 aromatic carbocycles. The maximum Gasteiger partial charge on any atom is 0.313 e. The van der Waals surface area contributed by atoms with Gasteiger partial charge in [0.25, 0.3) is 5.91 Å². The molecule has 2 atom stereocenters. The summed E-state index contributed by atoms with van der Waals surface area (Å²) in [5, 5.41) is 4.02. The van der Waals surface area contributed by atoms with Crippen LogP contribution in [0.5, 0.6) is 11.5 Å². The van der Waals surface area contributed by atoms with Gasteiger partial charge in [0.15, 0.2) is 17.1 Å². The molecule has 2 aliphatic heterocycles. The quantitative estimate of drug-likeness (QED) is 0.515. The van der Waals surface area contributed by atoms with Gasteiger partial charge in [0.05, 0.1) is 11.6 Å². The standard InChI is InChI=1S/C18H20N2O5/c1-16(2)17(3)6-7-18(16,25-15(17)22)14(21)20-19-9-11-4-5-12-13(8-11)24-10-23-12/h4-5,8-9H,6-7,10H2,1-3H3,(H,20,21)/b19-9-/t17-,18-/m1/s1. The fourth-order valence-electron chi connectivity index (χ4n) is 4.00. The van der Waals surface area contributed by atoms with E-state index in [9.17, 15) is 9.59 Å². The Morgan fingerprint density at radius 1 is 1.20 bits per heavy atom. The number of ether oxygens (including phenoxy) is 3. The van der Waals surface area contributed by atoms with E-state index in [0.29, 0.717) is 24.3 Å². The summed E-state index contributed by atoms with van der Waals surface area (Å²) in [6.07, 6.45) is 2.67. The van der Waals surface area contributed by atoms with Gasteiger partial charge in [0.1, 0.15) is 0 Å². The van der Waals surface area contributed by atoms with Gasteiger partial charge in [0, 0.05) is 5.41 Å². The Morgan fingerprint density at radius 3 is 2.64 bits per heavy atom. The van der Waals surface area contributed by atoms with Gasteiger partial charge in [-0.3, -0.25) is 9.59 Å². The molecule has 0 unspecified atom stereocenters. The first-order chi connectivity index (χ1) is 11.8. The molecule has 1 N–H and O–H groups in total. The van der Waals surface area contributed by atoms with E-state index < -0.39 is 16.4 Å². The summed E-state index contributed by atoms with van der Waals surface area (Å²) in [6, 6.07) is 5.38. The van der Waals surface area contributed by atoms with Crippen LogP contribution >= 0.6 is 0 Å². The van der Waals surface area contributed by atoms with Crippen molar-refractivity contribution in [2.45, 2.75) is 39.2 Å². The SMILES string of the molecule is CC1(C)[C@]2(C)CC[C@]1(C(=O)N/N=C\c1ccc3c(c1)OCO3)OC2=O. The number of carbonyl (C=O) groups excluding carboxylic acids is 2. The predicted octanol–water partition coefficient (Wildman–Crippen LogP) is 1.99. The van der Waals surface area contributed by atoms with E-state index in [-0.39, 0.29) is 18.7 Å². The van der Waals surface area contributed by atoms with Crippen LogP contribution in [0.3, 0.4) is 0 Å². The fourth-order valence-corrected chi connectivity index (χ4v) is 4.00. The van der Waals surface area contributed by atoms with Crippen molar-refractivity contribution < 1.29 is 23.8 Å². The lowest BCUT2D eigenvalue weighted by atomic mass is 9.66. The molecule has 1 amide bonds. The first-order valence-electron chi connectivity index (χ1n) is 8.27. The molecule has 25 heavy (non-hydrogen) atoms. The number of amides is 1. The number of benzene rings is 1. The third-order valence-corrected chi connectivity index (χ3v) is 6.23. The molecule has 7 heteroatoms. The maximum absolute atomic E-state index is 12.8. The second-order valence-electron chi connectivity index (χ2n) is 7.49. The zero-order chi connectivity index (χ0) is 17.9. The third kappa shape index (κ3) is 1.95. The normalized spacial score (nSPS) is 31.4. The molecule has 3 aliphatic rings. The molecule has 2 heterocycles. The lowest BCUT2D eigenvalue weighted by molar-refractivity contribution is -0.168. The van der Waals surface area contributed by atoms with E-state index in [2.05, 4.69) is 10.5 Å². The van der Waals surface area contributed by atoms with E-state index in [1.54, 1.807) is 12.1 Å². The summed E-state index contributed by atoms with van der Waals surface area (Å²) < 4.78 is 16.1. The van der Waals surface area contributed by atoms with E-state index >= 15 is 0 Å². The van der Waals surface area contributed by atoms with Crippen LogP contribution in [-0.2, 0) is 14.3 Å². The molecule has 4 rings (SSSR count). The highest BCUT2D eigenvalue weighted by atomic mass is 16.7. The van der Waals surface area contributed by atoms with Gasteiger partial charge in [-0.15, -0.1) is 0 Å². The van der Waals surface area contributed by atoms with Crippen molar-refractivity contribution in [1.29, 1.82) is 0 Å². The Hall–Kier alpha value is -2.57. The van der Waals surface area contributed by atoms with Crippen LogP contribution in [0.15, 0.2) is 23.3 Å². The number of nitrogens with one attached hydrogen (secondary N) is 1. The second-order valence-corrected chi connectivity index (χ2v) is 7.49. The summed E-state index contributed by atoms with van der Waals surface area (Å²) in [7, 11) is 0. The molecule has 7 nitrogen and oxygen atoms in total. The number of esters is 1. The van der Waals surface area contributed by atoms with Crippen molar-refractivity contribution in [2.24, 2.45) is 15.9 Å². The van der Waals surface area contributed by atoms with E-state index in [0.717, 1.165) is 5.56 Å². The van der Waals surface area contributed by atoms with Gasteiger partial charge in [-0.05, 0) is 43.5 Å². The molecule has 0 radical (unpaired) electrons. The van der Waals surface area contributed by atoms with Crippen LogP contribution in [-0.4, -0.2) is 30.5 Å². The van der Waals surface area contributed by atoms with E-state index in [1.807, 2.05) is 26.8 Å². The Balaban J connectivity index is 1.50. The van der Waals surface area contributed by atoms with Crippen LogP contribution in [0.1, 0.15) is 39.2 Å². The minimum absolute atomic E-state index is 0.203. The summed E-state index contributed by atoms with van der Waals surface area (Å²) in [5.41, 5.74) is 0.916. The van der Waals surface area contributed by atoms with Gasteiger partial charge in [-0.1, -0.05) is 13.8 Å². The zero-order valence-corrected chi connectivity index (χ0v) is 14.4. The summed E-state index contributed by atoms with van der Waals surface area (Å²) in [4.78, 5) is 25.0. The predicted molar refractivity (Wildman–Crippen MR) is 88.2 cm³/mol. The molecule has 2 bridgehead atoms. The Labute approximate surface area is 145 Å². The fraction of sp³-hybridized carbons (Fsp3) is 0.500. The molecule has 1 aliphatic carbocycles. The largest absolute Gasteiger partial charge is 0.454 e. The average Bonchev–Trinajstić information content (AvgIpc) is 3.15. The average molecular weight is 344 g/mol. The van der Waals surface area contributed by atoms with Crippen LogP contribution in [0.4, 0.5) is 0 Å². The summed E-state index contributed by atoms with van der Waals surface area (Å²) in [5.74, 6) is 0.638. The molecular formula is C18H20N2O5. The highest BCUT2D eigenvalue weighted by Gasteiger charge is 2.75. The van der Waals surface area contributed by atoms with Crippen LogP contribution in [0, 0.1) is 10.8 Å². The zero-order valence-electron chi connectivity index (χ0n) is 14.4. The molecule has 1 aromatic rings. The Bertz CT molecular complexity index is 803. The van der Waals surface area contributed by atoms with Crippen molar-refractivity contribution in [2.75, 3.05) is 6.79 Å². The first-order valence-corrected chi connectivity index (χ1v) is 8.27. The highest BCUT2D eigenvalue weighted by Crippen LogP contribution is 2.65. The summed E-state index contributed by atoms with van der Waals surface area (Å²) >= 11 is 0. The van der Waals surface area contributed by atoms with Gasteiger partial charge >= 0.3 is 5.97 Å². The molecule has 0 spiro atoms. The van der Waals surface area contributed by atoms with Crippen molar-refractivity contribution >= 4 is 18.1 Å². The Morgan fingerprint density at radius 2 is 1.96 bits per heavy atom. The monoisotopic (exact) mass is 344 g/mol. The number of nitrogens with zero attached hydrogens (tertiary/aromatic N) is 1. The Kier molecular flexibility index (Phi) is 3.17. The third-order valence-electron chi connectivity index (χ3n) is 6.23. The smallest absolute Gasteiger partial charge is 0.313 e. The maximum atomic E-state index is 12.8. The van der Waals surface area contributed by atoms with Crippen LogP contribution in [0.25, 0.3) is 0 Å². The number of hydrazone groups is 1. The highest BCUT2D eigenvalue weighted by molar-refractivity contribution is 5.96. The van der Waals surface area contributed by atoms with E-state index in [4.69, 9.17) is 14.2 Å². The molecule has 0 aromatic heterocycles. The molecule has 132 valence electrons. The lowest BCUT2D eigenvalue weighted by Gasteiger charge is -2.34. The number of rotatable bonds is 3. The second kappa shape index (κ2) is 4.97. The number of fused-ring (bicyclic) bond motifs is 3. The molecule has 2 fully saturated rings. The first kappa shape index (κ1) is 15.9. The van der Waals surface area contributed by atoms with Gasteiger partial charge in [0.2, 0.25) is 6.79 Å². The van der Waals surface area contributed by atoms with Crippen molar-refractivity contribution in [1.82, 2.24) is 5.43 Å². The van der Waals surface area contributed by atoms with Gasteiger partial charge < -0.3 is 14.2 Å². The molecular weight excluding hydrogens is 324 g/mol.